The molecule has 0 aliphatic rings. The van der Waals surface area contributed by atoms with Gasteiger partial charge in [0.1, 0.15) is 0 Å². The smallest absolute Gasteiger partial charge is 0.0672 e. The highest BCUT2D eigenvalue weighted by atomic mass is 79.9. The highest BCUT2D eigenvalue weighted by molar-refractivity contribution is 9.10. The Bertz CT molecular complexity index is 593. The second kappa shape index (κ2) is 7.10. The first-order chi connectivity index (χ1) is 10.1. The number of halogens is 1. The van der Waals surface area contributed by atoms with Crippen LogP contribution in [0.4, 0.5) is 5.69 Å². The van der Waals surface area contributed by atoms with E-state index >= 15 is 0 Å². The summed E-state index contributed by atoms with van der Waals surface area (Å²) in [5.74, 6) is 0. The van der Waals surface area contributed by atoms with E-state index in [9.17, 15) is 0 Å². The molecule has 0 aliphatic heterocycles. The van der Waals surface area contributed by atoms with Gasteiger partial charge in [-0.25, -0.2) is 0 Å². The van der Waals surface area contributed by atoms with Gasteiger partial charge in [0, 0.05) is 23.8 Å². The molecule has 3 heteroatoms. The van der Waals surface area contributed by atoms with Crippen LogP contribution in [0.15, 0.2) is 46.9 Å². The van der Waals surface area contributed by atoms with Gasteiger partial charge >= 0.3 is 0 Å². The summed E-state index contributed by atoms with van der Waals surface area (Å²) in [7, 11) is 2.10. The fraction of sp³-hybridized carbons (Fsp3) is 0.333. The van der Waals surface area contributed by atoms with E-state index in [1.807, 2.05) is 0 Å². The maximum atomic E-state index is 6.04. The number of aryl methyl sites for hydroxylation is 2. The second-order valence-corrected chi connectivity index (χ2v) is 6.26. The molecule has 0 amide bonds. The summed E-state index contributed by atoms with van der Waals surface area (Å²) in [6.45, 7) is 4.84. The Hall–Kier alpha value is -1.32. The molecule has 0 saturated carbocycles. The SMILES string of the molecule is CCc1ccc(N(C)C(CN)c2ccc(C)cc2Br)cc1. The van der Waals surface area contributed by atoms with Gasteiger partial charge in [-0.3, -0.25) is 0 Å². The summed E-state index contributed by atoms with van der Waals surface area (Å²) < 4.78 is 1.12. The minimum absolute atomic E-state index is 0.160. The predicted octanol–water partition coefficient (Wildman–Crippen LogP) is 4.46. The molecule has 112 valence electrons. The fourth-order valence-corrected chi connectivity index (χ4v) is 3.30. The molecule has 0 fully saturated rings. The van der Waals surface area contributed by atoms with E-state index in [4.69, 9.17) is 5.73 Å². The molecule has 2 aromatic carbocycles. The van der Waals surface area contributed by atoms with Crippen LogP contribution in [-0.2, 0) is 6.42 Å². The lowest BCUT2D eigenvalue weighted by atomic mass is 10.0. The Kier molecular flexibility index (Phi) is 5.43. The third-order valence-corrected chi connectivity index (χ3v) is 4.64. The lowest BCUT2D eigenvalue weighted by molar-refractivity contribution is 0.677. The molecule has 2 nitrogen and oxygen atoms in total. The van der Waals surface area contributed by atoms with Crippen molar-refractivity contribution in [2.24, 2.45) is 5.73 Å². The minimum atomic E-state index is 0.160. The average Bonchev–Trinajstić information content (AvgIpc) is 2.50. The third-order valence-electron chi connectivity index (χ3n) is 3.96. The molecule has 0 aliphatic carbocycles. The number of rotatable bonds is 5. The average molecular weight is 347 g/mol. The molecule has 0 bridgehead atoms. The number of nitrogens with zero attached hydrogens (tertiary/aromatic N) is 1. The van der Waals surface area contributed by atoms with E-state index in [0.717, 1.165) is 10.9 Å². The number of hydrogen-bond acceptors (Lipinski definition) is 2. The molecule has 1 atom stereocenters. The van der Waals surface area contributed by atoms with Crippen LogP contribution in [0.1, 0.15) is 29.7 Å². The van der Waals surface area contributed by atoms with Gasteiger partial charge in [0.15, 0.2) is 0 Å². The summed E-state index contributed by atoms with van der Waals surface area (Å²) in [5.41, 5.74) is 11.1. The van der Waals surface area contributed by atoms with Crippen molar-refractivity contribution in [1.82, 2.24) is 0 Å². The van der Waals surface area contributed by atoms with Gasteiger partial charge in [0.25, 0.3) is 0 Å². The molecule has 0 saturated heterocycles. The van der Waals surface area contributed by atoms with Gasteiger partial charge < -0.3 is 10.6 Å². The molecule has 1 unspecified atom stereocenters. The van der Waals surface area contributed by atoms with Gasteiger partial charge in [0.2, 0.25) is 0 Å². The van der Waals surface area contributed by atoms with Gasteiger partial charge in [0.05, 0.1) is 6.04 Å². The van der Waals surface area contributed by atoms with Gasteiger partial charge in [-0.2, -0.15) is 0 Å². The highest BCUT2D eigenvalue weighted by Gasteiger charge is 2.18. The van der Waals surface area contributed by atoms with Crippen LogP contribution in [0.25, 0.3) is 0 Å². The first kappa shape index (κ1) is 16.1. The normalized spacial score (nSPS) is 12.2. The Balaban J connectivity index is 2.30. The van der Waals surface area contributed by atoms with Gasteiger partial charge in [-0.15, -0.1) is 0 Å². The van der Waals surface area contributed by atoms with Crippen LogP contribution in [0.3, 0.4) is 0 Å². The van der Waals surface area contributed by atoms with Crippen molar-refractivity contribution in [3.05, 3.63) is 63.6 Å². The first-order valence-electron chi connectivity index (χ1n) is 7.34. The van der Waals surface area contributed by atoms with E-state index in [0.29, 0.717) is 6.54 Å². The predicted molar refractivity (Wildman–Crippen MR) is 94.9 cm³/mol. The zero-order valence-electron chi connectivity index (χ0n) is 12.9. The lowest BCUT2D eigenvalue weighted by Crippen LogP contribution is -2.30. The van der Waals surface area contributed by atoms with Crippen molar-refractivity contribution in [3.8, 4) is 0 Å². The van der Waals surface area contributed by atoms with E-state index in [2.05, 4.69) is 84.2 Å². The van der Waals surface area contributed by atoms with E-state index < -0.39 is 0 Å². The van der Waals surface area contributed by atoms with Gasteiger partial charge in [-0.1, -0.05) is 47.1 Å². The summed E-state index contributed by atoms with van der Waals surface area (Å²) in [6, 6.07) is 15.3. The molecule has 0 heterocycles. The highest BCUT2D eigenvalue weighted by Crippen LogP contribution is 2.30. The van der Waals surface area contributed by atoms with Crippen LogP contribution in [0.5, 0.6) is 0 Å². The number of anilines is 1. The Morgan fingerprint density at radius 2 is 1.81 bits per heavy atom. The zero-order valence-corrected chi connectivity index (χ0v) is 14.5. The quantitative estimate of drug-likeness (QED) is 0.865. The van der Waals surface area contributed by atoms with E-state index in [1.54, 1.807) is 0 Å². The molecule has 2 rings (SSSR count). The lowest BCUT2D eigenvalue weighted by Gasteiger charge is -2.30. The van der Waals surface area contributed by atoms with Crippen LogP contribution in [-0.4, -0.2) is 13.6 Å². The standard InChI is InChI=1S/C18H23BrN2/c1-4-14-6-8-15(9-7-14)21(3)18(12-20)16-10-5-13(2)11-17(16)19/h5-11,18H,4,12,20H2,1-3H3. The van der Waals surface area contributed by atoms with Crippen molar-refractivity contribution < 1.29 is 0 Å². The molecule has 0 radical (unpaired) electrons. The number of benzene rings is 2. The number of nitrogens with two attached hydrogens (primary N) is 1. The Morgan fingerprint density at radius 3 is 2.33 bits per heavy atom. The number of likely N-dealkylation sites (N-methyl/N-ethyl adjacent to an activating group) is 1. The van der Waals surface area contributed by atoms with E-state index in [-0.39, 0.29) is 6.04 Å². The maximum absolute atomic E-state index is 6.04. The van der Waals surface area contributed by atoms with Crippen molar-refractivity contribution in [3.63, 3.8) is 0 Å². The molecule has 2 N–H and O–H groups in total. The Labute approximate surface area is 136 Å². The topological polar surface area (TPSA) is 29.3 Å². The van der Waals surface area contributed by atoms with Crippen LogP contribution in [0, 0.1) is 6.92 Å². The van der Waals surface area contributed by atoms with Gasteiger partial charge in [-0.05, 0) is 48.2 Å². The maximum Gasteiger partial charge on any atom is 0.0672 e. The van der Waals surface area contributed by atoms with Crippen LogP contribution < -0.4 is 10.6 Å². The molecule has 2 aromatic rings. The zero-order chi connectivity index (χ0) is 15.4. The van der Waals surface area contributed by atoms with Crippen molar-refractivity contribution in [1.29, 1.82) is 0 Å². The number of hydrogen-bond donors (Lipinski definition) is 1. The second-order valence-electron chi connectivity index (χ2n) is 5.41. The van der Waals surface area contributed by atoms with Crippen molar-refractivity contribution in [2.75, 3.05) is 18.5 Å². The first-order valence-corrected chi connectivity index (χ1v) is 8.14. The monoisotopic (exact) mass is 346 g/mol. The molecular weight excluding hydrogens is 324 g/mol. The van der Waals surface area contributed by atoms with Crippen LogP contribution >= 0.6 is 15.9 Å². The Morgan fingerprint density at radius 1 is 1.14 bits per heavy atom. The van der Waals surface area contributed by atoms with Crippen molar-refractivity contribution in [2.45, 2.75) is 26.3 Å². The summed E-state index contributed by atoms with van der Waals surface area (Å²) in [5, 5.41) is 0. The molecular formula is C18H23BrN2. The fourth-order valence-electron chi connectivity index (χ4n) is 2.54. The van der Waals surface area contributed by atoms with Crippen molar-refractivity contribution >= 4 is 21.6 Å². The molecule has 0 aromatic heterocycles. The third kappa shape index (κ3) is 3.66. The largest absolute Gasteiger partial charge is 0.366 e. The summed E-state index contributed by atoms with van der Waals surface area (Å²) in [6.07, 6.45) is 1.06. The molecule has 21 heavy (non-hydrogen) atoms. The summed E-state index contributed by atoms with van der Waals surface area (Å²) >= 11 is 3.67. The summed E-state index contributed by atoms with van der Waals surface area (Å²) in [4.78, 5) is 2.24. The minimum Gasteiger partial charge on any atom is -0.366 e. The van der Waals surface area contributed by atoms with E-state index in [1.165, 1.54) is 22.4 Å². The molecule has 0 spiro atoms. The van der Waals surface area contributed by atoms with Crippen LogP contribution in [0.2, 0.25) is 0 Å².